The molecule has 1 aromatic heterocycles. The Morgan fingerprint density at radius 1 is 1.33 bits per heavy atom. The predicted molar refractivity (Wildman–Crippen MR) is 71.5 cm³/mol. The second-order valence-electron chi connectivity index (χ2n) is 5.85. The molecule has 0 bridgehead atoms. The zero-order chi connectivity index (χ0) is 13.0. The minimum absolute atomic E-state index is 0.432. The third-order valence-electron chi connectivity index (χ3n) is 3.79. The lowest BCUT2D eigenvalue weighted by atomic mass is 10.0. The summed E-state index contributed by atoms with van der Waals surface area (Å²) in [7, 11) is 2.00. The summed E-state index contributed by atoms with van der Waals surface area (Å²) in [6.07, 6.45) is 7.04. The van der Waals surface area contributed by atoms with Crippen molar-refractivity contribution in [3.05, 3.63) is 11.7 Å². The molecule has 4 nitrogen and oxygen atoms in total. The van der Waals surface area contributed by atoms with E-state index >= 15 is 0 Å². The molecule has 18 heavy (non-hydrogen) atoms. The highest BCUT2D eigenvalue weighted by molar-refractivity contribution is 4.98. The first kappa shape index (κ1) is 13.5. The molecule has 1 unspecified atom stereocenters. The van der Waals surface area contributed by atoms with E-state index in [2.05, 4.69) is 29.3 Å². The maximum atomic E-state index is 5.39. The fourth-order valence-corrected chi connectivity index (χ4v) is 2.78. The lowest BCUT2D eigenvalue weighted by molar-refractivity contribution is 0.340. The molecule has 1 atom stereocenters. The number of aromatic nitrogens is 2. The van der Waals surface area contributed by atoms with Gasteiger partial charge in [0.25, 0.3) is 0 Å². The third-order valence-corrected chi connectivity index (χ3v) is 3.79. The van der Waals surface area contributed by atoms with Crippen molar-refractivity contribution < 1.29 is 4.52 Å². The van der Waals surface area contributed by atoms with E-state index in [1.165, 1.54) is 25.7 Å². The third kappa shape index (κ3) is 3.55. The molecule has 1 aliphatic carbocycles. The average molecular weight is 251 g/mol. The summed E-state index contributed by atoms with van der Waals surface area (Å²) >= 11 is 0. The van der Waals surface area contributed by atoms with Gasteiger partial charge >= 0.3 is 0 Å². The van der Waals surface area contributed by atoms with Gasteiger partial charge in [0.2, 0.25) is 5.89 Å². The maximum Gasteiger partial charge on any atom is 0.228 e. The zero-order valence-electron chi connectivity index (χ0n) is 11.8. The summed E-state index contributed by atoms with van der Waals surface area (Å²) in [5.74, 6) is 2.94. The van der Waals surface area contributed by atoms with Gasteiger partial charge in [0.15, 0.2) is 5.82 Å². The van der Waals surface area contributed by atoms with Gasteiger partial charge in [-0.1, -0.05) is 31.8 Å². The van der Waals surface area contributed by atoms with Crippen molar-refractivity contribution in [2.24, 2.45) is 5.92 Å². The van der Waals surface area contributed by atoms with Gasteiger partial charge in [-0.2, -0.15) is 4.98 Å². The molecule has 1 N–H and O–H groups in total. The van der Waals surface area contributed by atoms with Gasteiger partial charge in [-0.15, -0.1) is 0 Å². The molecule has 4 heteroatoms. The van der Waals surface area contributed by atoms with Crippen LogP contribution >= 0.6 is 0 Å². The van der Waals surface area contributed by atoms with Crippen molar-refractivity contribution in [1.29, 1.82) is 0 Å². The first-order valence-corrected chi connectivity index (χ1v) is 7.18. The Balaban J connectivity index is 1.92. The summed E-state index contributed by atoms with van der Waals surface area (Å²) in [6, 6.07) is 0.432. The van der Waals surface area contributed by atoms with E-state index in [4.69, 9.17) is 4.52 Å². The molecule has 1 aromatic rings. The lowest BCUT2D eigenvalue weighted by Gasteiger charge is -2.15. The van der Waals surface area contributed by atoms with Crippen molar-refractivity contribution in [2.75, 3.05) is 7.05 Å². The van der Waals surface area contributed by atoms with Crippen LogP contribution in [-0.4, -0.2) is 23.2 Å². The topological polar surface area (TPSA) is 51.0 Å². The summed E-state index contributed by atoms with van der Waals surface area (Å²) in [5, 5.41) is 7.48. The number of nitrogens with one attached hydrogen (secondary N) is 1. The highest BCUT2D eigenvalue weighted by Gasteiger charge is 2.23. The minimum Gasteiger partial charge on any atom is -0.339 e. The van der Waals surface area contributed by atoms with Crippen LogP contribution in [0.4, 0.5) is 0 Å². The minimum atomic E-state index is 0.432. The molecule has 1 fully saturated rings. The highest BCUT2D eigenvalue weighted by atomic mass is 16.5. The summed E-state index contributed by atoms with van der Waals surface area (Å²) in [6.45, 7) is 4.48. The monoisotopic (exact) mass is 251 g/mol. The van der Waals surface area contributed by atoms with Crippen LogP contribution in [0.3, 0.4) is 0 Å². The molecular formula is C14H25N3O. The van der Waals surface area contributed by atoms with Gasteiger partial charge in [0, 0.05) is 18.4 Å². The Bertz CT molecular complexity index is 356. The first-order chi connectivity index (χ1) is 8.69. The largest absolute Gasteiger partial charge is 0.339 e. The lowest BCUT2D eigenvalue weighted by Crippen LogP contribution is -2.29. The predicted octanol–water partition coefficient (Wildman–Crippen LogP) is 2.90. The van der Waals surface area contributed by atoms with E-state index in [1.807, 2.05) is 7.05 Å². The molecule has 0 spiro atoms. The normalized spacial score (nSPS) is 18.7. The number of hydrogen-bond acceptors (Lipinski definition) is 4. The van der Waals surface area contributed by atoms with Crippen LogP contribution in [0.2, 0.25) is 0 Å². The van der Waals surface area contributed by atoms with Gasteiger partial charge in [-0.3, -0.25) is 0 Å². The summed E-state index contributed by atoms with van der Waals surface area (Å²) in [5.41, 5.74) is 0. The van der Waals surface area contributed by atoms with Gasteiger partial charge in [-0.25, -0.2) is 0 Å². The van der Waals surface area contributed by atoms with Crippen molar-refractivity contribution in [3.8, 4) is 0 Å². The van der Waals surface area contributed by atoms with Crippen molar-refractivity contribution in [2.45, 2.75) is 64.3 Å². The molecule has 0 aliphatic heterocycles. The average Bonchev–Trinajstić information content (AvgIpc) is 2.97. The van der Waals surface area contributed by atoms with E-state index in [9.17, 15) is 0 Å². The molecule has 2 rings (SSSR count). The molecule has 102 valence electrons. The smallest absolute Gasteiger partial charge is 0.228 e. The van der Waals surface area contributed by atoms with Crippen LogP contribution in [0.15, 0.2) is 4.52 Å². The van der Waals surface area contributed by atoms with Crippen LogP contribution in [0.5, 0.6) is 0 Å². The molecule has 1 heterocycles. The highest BCUT2D eigenvalue weighted by Crippen LogP contribution is 2.32. The Labute approximate surface area is 110 Å². The second kappa shape index (κ2) is 6.32. The maximum absolute atomic E-state index is 5.39. The van der Waals surface area contributed by atoms with E-state index in [-0.39, 0.29) is 0 Å². The number of hydrogen-bond donors (Lipinski definition) is 1. The van der Waals surface area contributed by atoms with Crippen LogP contribution in [0, 0.1) is 5.92 Å². The Morgan fingerprint density at radius 3 is 2.67 bits per heavy atom. The summed E-state index contributed by atoms with van der Waals surface area (Å²) < 4.78 is 5.39. The Hall–Kier alpha value is -0.900. The van der Waals surface area contributed by atoms with Crippen LogP contribution in [-0.2, 0) is 6.42 Å². The molecule has 0 radical (unpaired) electrons. The van der Waals surface area contributed by atoms with Gasteiger partial charge < -0.3 is 9.84 Å². The van der Waals surface area contributed by atoms with Crippen LogP contribution in [0.1, 0.15) is 63.6 Å². The standard InChI is InChI=1S/C14H25N3O/c1-10(2)8-12(15-3)9-13-16-14(17-18-13)11-6-4-5-7-11/h10-12,15H,4-9H2,1-3H3. The van der Waals surface area contributed by atoms with E-state index in [0.717, 1.165) is 24.6 Å². The van der Waals surface area contributed by atoms with Gasteiger partial charge in [0.05, 0.1) is 0 Å². The fraction of sp³-hybridized carbons (Fsp3) is 0.857. The van der Waals surface area contributed by atoms with Crippen molar-refractivity contribution in [3.63, 3.8) is 0 Å². The van der Waals surface area contributed by atoms with E-state index < -0.39 is 0 Å². The first-order valence-electron chi connectivity index (χ1n) is 7.18. The van der Waals surface area contributed by atoms with Crippen LogP contribution in [0.25, 0.3) is 0 Å². The van der Waals surface area contributed by atoms with Crippen molar-refractivity contribution >= 4 is 0 Å². The van der Waals surface area contributed by atoms with Crippen LogP contribution < -0.4 is 5.32 Å². The molecular weight excluding hydrogens is 226 g/mol. The molecule has 0 aromatic carbocycles. The molecule has 0 saturated heterocycles. The molecule has 1 aliphatic rings. The zero-order valence-corrected chi connectivity index (χ0v) is 11.8. The fourth-order valence-electron chi connectivity index (χ4n) is 2.78. The number of likely N-dealkylation sites (N-methyl/N-ethyl adjacent to an activating group) is 1. The Kier molecular flexibility index (Phi) is 4.75. The van der Waals surface area contributed by atoms with E-state index in [1.54, 1.807) is 0 Å². The van der Waals surface area contributed by atoms with E-state index in [0.29, 0.717) is 17.9 Å². The van der Waals surface area contributed by atoms with Gasteiger partial charge in [-0.05, 0) is 32.2 Å². The van der Waals surface area contributed by atoms with Crippen molar-refractivity contribution in [1.82, 2.24) is 15.5 Å². The molecule has 0 amide bonds. The SMILES string of the molecule is CNC(Cc1nc(C2CCCC2)no1)CC(C)C. The van der Waals surface area contributed by atoms with Gasteiger partial charge in [0.1, 0.15) is 0 Å². The number of rotatable bonds is 6. The quantitative estimate of drug-likeness (QED) is 0.844. The second-order valence-corrected chi connectivity index (χ2v) is 5.85. The summed E-state index contributed by atoms with van der Waals surface area (Å²) in [4.78, 5) is 4.57. The Morgan fingerprint density at radius 2 is 2.06 bits per heavy atom. The molecule has 1 saturated carbocycles. The number of nitrogens with zero attached hydrogens (tertiary/aromatic N) is 2.